The van der Waals surface area contributed by atoms with Crippen molar-refractivity contribution in [3.8, 4) is 11.5 Å². The largest absolute Gasteiger partial charge is 0.493 e. The molecule has 1 aromatic carbocycles. The minimum absolute atomic E-state index is 0.454. The Morgan fingerprint density at radius 3 is 2.35 bits per heavy atom. The van der Waals surface area contributed by atoms with Gasteiger partial charge in [0.1, 0.15) is 0 Å². The van der Waals surface area contributed by atoms with E-state index in [2.05, 4.69) is 19.1 Å². The molecule has 1 atom stereocenters. The highest BCUT2D eigenvalue weighted by Gasteiger charge is 2.11. The van der Waals surface area contributed by atoms with E-state index < -0.39 is 0 Å². The van der Waals surface area contributed by atoms with Crippen molar-refractivity contribution >= 4 is 11.6 Å². The van der Waals surface area contributed by atoms with Crippen LogP contribution in [0.15, 0.2) is 24.3 Å². The first-order valence-corrected chi connectivity index (χ1v) is 6.03. The van der Waals surface area contributed by atoms with Crippen LogP contribution < -0.4 is 9.47 Å². The molecule has 1 unspecified atom stereocenters. The molecule has 1 rings (SSSR count). The van der Waals surface area contributed by atoms with Crippen molar-refractivity contribution in [2.24, 2.45) is 5.92 Å². The molecule has 0 spiro atoms. The number of hydrogen-bond donors (Lipinski definition) is 0. The Bertz CT molecular complexity index is 399. The lowest BCUT2D eigenvalue weighted by atomic mass is 10.0. The Kier molecular flexibility index (Phi) is 5.36. The van der Waals surface area contributed by atoms with Crippen LogP contribution in [0, 0.1) is 5.92 Å². The summed E-state index contributed by atoms with van der Waals surface area (Å²) in [5, 5.41) is 0.721. The van der Waals surface area contributed by atoms with Crippen LogP contribution in [0.25, 0.3) is 0 Å². The molecule has 0 fully saturated rings. The zero-order valence-electron chi connectivity index (χ0n) is 10.8. The number of allylic oxidation sites excluding steroid dienone is 2. The topological polar surface area (TPSA) is 18.5 Å². The molecule has 0 amide bonds. The molecule has 94 valence electrons. The van der Waals surface area contributed by atoms with Gasteiger partial charge < -0.3 is 9.47 Å². The maximum atomic E-state index is 6.22. The van der Waals surface area contributed by atoms with Gasteiger partial charge in [0.2, 0.25) is 0 Å². The van der Waals surface area contributed by atoms with Gasteiger partial charge in [0.15, 0.2) is 11.5 Å². The van der Waals surface area contributed by atoms with Crippen LogP contribution in [0.4, 0.5) is 0 Å². The molecule has 0 saturated carbocycles. The van der Waals surface area contributed by atoms with Crippen LogP contribution >= 0.6 is 11.6 Å². The Hall–Kier alpha value is -1.15. The van der Waals surface area contributed by atoms with E-state index in [-0.39, 0.29) is 0 Å². The van der Waals surface area contributed by atoms with Gasteiger partial charge >= 0.3 is 0 Å². The third-order valence-corrected chi connectivity index (χ3v) is 2.97. The molecule has 1 aromatic rings. The fraction of sp³-hybridized carbons (Fsp3) is 0.429. The predicted octanol–water partition coefficient (Wildman–Crippen LogP) is 4.11. The molecule has 0 aliphatic carbocycles. The van der Waals surface area contributed by atoms with Crippen LogP contribution in [0.3, 0.4) is 0 Å². The second-order valence-corrected chi connectivity index (χ2v) is 4.41. The Morgan fingerprint density at radius 1 is 1.24 bits per heavy atom. The highest BCUT2D eigenvalue weighted by atomic mass is 35.5. The fourth-order valence-electron chi connectivity index (χ4n) is 1.80. The first-order chi connectivity index (χ1) is 8.12. The Balaban J connectivity index is 3.00. The van der Waals surface area contributed by atoms with E-state index in [1.54, 1.807) is 20.3 Å². The van der Waals surface area contributed by atoms with Crippen LogP contribution in [-0.4, -0.2) is 14.2 Å². The van der Waals surface area contributed by atoms with Gasteiger partial charge in [-0.3, -0.25) is 0 Å². The molecule has 0 saturated heterocycles. The molecule has 0 heterocycles. The van der Waals surface area contributed by atoms with Crippen LogP contribution in [0.2, 0.25) is 5.02 Å². The molecule has 0 aliphatic rings. The van der Waals surface area contributed by atoms with Gasteiger partial charge in [0, 0.05) is 11.1 Å². The van der Waals surface area contributed by atoms with Crippen molar-refractivity contribution in [2.75, 3.05) is 14.2 Å². The second-order valence-electron chi connectivity index (χ2n) is 4.01. The summed E-state index contributed by atoms with van der Waals surface area (Å²) in [7, 11) is 3.24. The van der Waals surface area contributed by atoms with Crippen molar-refractivity contribution in [3.63, 3.8) is 0 Å². The number of ether oxygens (including phenoxy) is 2. The van der Waals surface area contributed by atoms with Gasteiger partial charge in [-0.25, -0.2) is 0 Å². The van der Waals surface area contributed by atoms with Crippen molar-refractivity contribution in [1.82, 2.24) is 0 Å². The number of halogens is 1. The average Bonchev–Trinajstić information content (AvgIpc) is 2.31. The molecule has 0 aliphatic heterocycles. The molecule has 2 nitrogen and oxygen atoms in total. The summed E-state index contributed by atoms with van der Waals surface area (Å²) in [6.45, 7) is 4.18. The summed E-state index contributed by atoms with van der Waals surface area (Å²) in [4.78, 5) is 0. The monoisotopic (exact) mass is 254 g/mol. The smallest absolute Gasteiger partial charge is 0.162 e. The normalized spacial score (nSPS) is 12.8. The third-order valence-electron chi connectivity index (χ3n) is 2.62. The number of rotatable bonds is 5. The molecule has 0 bridgehead atoms. The van der Waals surface area contributed by atoms with Gasteiger partial charge in [-0.05, 0) is 30.9 Å². The number of methoxy groups -OCH3 is 2. The van der Waals surface area contributed by atoms with Gasteiger partial charge in [-0.2, -0.15) is 0 Å². The van der Waals surface area contributed by atoms with Gasteiger partial charge in [0.25, 0.3) is 0 Å². The summed E-state index contributed by atoms with van der Waals surface area (Å²) >= 11 is 6.22. The van der Waals surface area contributed by atoms with E-state index in [4.69, 9.17) is 21.1 Å². The predicted molar refractivity (Wildman–Crippen MR) is 72.2 cm³/mol. The molecular weight excluding hydrogens is 236 g/mol. The summed E-state index contributed by atoms with van der Waals surface area (Å²) < 4.78 is 10.5. The maximum absolute atomic E-state index is 6.22. The van der Waals surface area contributed by atoms with Gasteiger partial charge in [-0.1, -0.05) is 30.7 Å². The number of hydrogen-bond acceptors (Lipinski definition) is 2. The van der Waals surface area contributed by atoms with E-state index in [0.29, 0.717) is 11.7 Å². The summed E-state index contributed by atoms with van der Waals surface area (Å²) in [6, 6.07) is 3.75. The van der Waals surface area contributed by atoms with Gasteiger partial charge in [-0.15, -0.1) is 0 Å². The summed E-state index contributed by atoms with van der Waals surface area (Å²) in [5.74, 6) is 1.84. The van der Waals surface area contributed by atoms with Crippen molar-refractivity contribution in [3.05, 3.63) is 34.9 Å². The van der Waals surface area contributed by atoms with Crippen LogP contribution in [-0.2, 0) is 6.42 Å². The van der Waals surface area contributed by atoms with Gasteiger partial charge in [0.05, 0.1) is 14.2 Å². The second kappa shape index (κ2) is 6.55. The maximum Gasteiger partial charge on any atom is 0.162 e. The van der Waals surface area contributed by atoms with E-state index in [1.165, 1.54) is 0 Å². The quantitative estimate of drug-likeness (QED) is 0.736. The Labute approximate surface area is 108 Å². The molecule has 3 heteroatoms. The Morgan fingerprint density at radius 2 is 1.82 bits per heavy atom. The van der Waals surface area contributed by atoms with Crippen molar-refractivity contribution in [1.29, 1.82) is 0 Å². The van der Waals surface area contributed by atoms with Crippen molar-refractivity contribution in [2.45, 2.75) is 20.3 Å². The van der Waals surface area contributed by atoms with E-state index in [1.807, 2.05) is 13.0 Å². The lowest BCUT2D eigenvalue weighted by molar-refractivity contribution is 0.354. The minimum atomic E-state index is 0.454. The molecule has 17 heavy (non-hydrogen) atoms. The van der Waals surface area contributed by atoms with E-state index >= 15 is 0 Å². The van der Waals surface area contributed by atoms with Crippen LogP contribution in [0.5, 0.6) is 11.5 Å². The van der Waals surface area contributed by atoms with Crippen LogP contribution in [0.1, 0.15) is 19.4 Å². The first-order valence-electron chi connectivity index (χ1n) is 5.65. The first kappa shape index (κ1) is 13.9. The summed E-state index contributed by atoms with van der Waals surface area (Å²) in [5.41, 5.74) is 1.08. The van der Waals surface area contributed by atoms with Crippen molar-refractivity contribution < 1.29 is 9.47 Å². The molecule has 0 radical (unpaired) electrons. The lowest BCUT2D eigenvalue weighted by Crippen LogP contribution is -1.99. The zero-order chi connectivity index (χ0) is 12.8. The van der Waals surface area contributed by atoms with E-state index in [9.17, 15) is 0 Å². The fourth-order valence-corrected chi connectivity index (χ4v) is 2.03. The third kappa shape index (κ3) is 3.67. The molecule has 0 aromatic heterocycles. The highest BCUT2D eigenvalue weighted by molar-refractivity contribution is 6.31. The zero-order valence-corrected chi connectivity index (χ0v) is 11.5. The highest BCUT2D eigenvalue weighted by Crippen LogP contribution is 2.34. The number of benzene rings is 1. The minimum Gasteiger partial charge on any atom is -0.493 e. The molecular formula is C14H19ClO2. The lowest BCUT2D eigenvalue weighted by Gasteiger charge is -2.13. The summed E-state index contributed by atoms with van der Waals surface area (Å²) in [6.07, 6.45) is 5.11. The molecule has 0 N–H and O–H groups in total. The standard InChI is InChI=1S/C14H19ClO2/c1-5-6-10(2)7-11-8-13(16-3)14(17-4)9-12(11)15/h5-6,8-10H,7H2,1-4H3/b6-5-. The van der Waals surface area contributed by atoms with E-state index in [0.717, 1.165) is 22.8 Å². The SMILES string of the molecule is C/C=C\C(C)Cc1cc(OC)c(OC)cc1Cl. The average molecular weight is 255 g/mol.